The number of nitrogens with zero attached hydrogens (tertiary/aromatic N) is 4. The van der Waals surface area contributed by atoms with Crippen LogP contribution in [0, 0.1) is 0 Å². The molecule has 0 saturated carbocycles. The molecule has 0 spiro atoms. The normalized spacial score (nSPS) is 10.4. The lowest BCUT2D eigenvalue weighted by Crippen LogP contribution is -2.01. The lowest BCUT2D eigenvalue weighted by atomic mass is 10.2. The third-order valence-electron chi connectivity index (χ3n) is 2.87. The van der Waals surface area contributed by atoms with Crippen LogP contribution in [-0.2, 0) is 6.54 Å². The molecule has 0 aliphatic heterocycles. The molecule has 0 radical (unpaired) electrons. The van der Waals surface area contributed by atoms with E-state index in [1.54, 1.807) is 11.0 Å². The molecule has 0 aliphatic rings. The largest absolute Gasteiger partial charge is 0.381 e. The van der Waals surface area contributed by atoms with Crippen LogP contribution in [0.3, 0.4) is 0 Å². The predicted octanol–water partition coefficient (Wildman–Crippen LogP) is 3.04. The second-order valence-corrected chi connectivity index (χ2v) is 5.20. The Morgan fingerprint density at radius 3 is 2.70 bits per heavy atom. The highest BCUT2D eigenvalue weighted by Gasteiger charge is 2.00. The van der Waals surface area contributed by atoms with Crippen molar-refractivity contribution in [2.24, 2.45) is 0 Å². The van der Waals surface area contributed by atoms with Crippen LogP contribution in [0.5, 0.6) is 0 Å². The minimum atomic E-state index is 0.770. The molecule has 100 valence electrons. The highest BCUT2D eigenvalue weighted by atomic mass is 79.9. The van der Waals surface area contributed by atoms with Crippen LogP contribution in [0.4, 0.5) is 5.69 Å². The molecule has 0 aliphatic carbocycles. The summed E-state index contributed by atoms with van der Waals surface area (Å²) in [4.78, 5) is 0. The third kappa shape index (κ3) is 3.03. The van der Waals surface area contributed by atoms with Gasteiger partial charge in [-0.05, 0) is 46.3 Å². The van der Waals surface area contributed by atoms with Gasteiger partial charge in [-0.25, -0.2) is 4.68 Å². The van der Waals surface area contributed by atoms with E-state index in [4.69, 9.17) is 0 Å². The number of rotatable bonds is 4. The first kappa shape index (κ1) is 12.8. The number of aromatic nitrogens is 4. The van der Waals surface area contributed by atoms with E-state index < -0.39 is 0 Å². The van der Waals surface area contributed by atoms with Gasteiger partial charge in [-0.1, -0.05) is 34.1 Å². The van der Waals surface area contributed by atoms with Crippen LogP contribution in [0.2, 0.25) is 0 Å². The second-order valence-electron chi connectivity index (χ2n) is 4.28. The van der Waals surface area contributed by atoms with Crippen molar-refractivity contribution in [2.45, 2.75) is 6.54 Å². The molecule has 0 saturated heterocycles. The lowest BCUT2D eigenvalue weighted by molar-refractivity contribution is 0.789. The van der Waals surface area contributed by atoms with E-state index in [2.05, 4.69) is 48.9 Å². The second kappa shape index (κ2) is 5.83. The molecule has 1 N–H and O–H groups in total. The zero-order valence-electron chi connectivity index (χ0n) is 10.6. The van der Waals surface area contributed by atoms with Gasteiger partial charge in [0, 0.05) is 16.7 Å². The number of hydrogen-bond acceptors (Lipinski definition) is 4. The van der Waals surface area contributed by atoms with Gasteiger partial charge in [-0.3, -0.25) is 0 Å². The molecule has 3 rings (SSSR count). The van der Waals surface area contributed by atoms with E-state index in [0.717, 1.165) is 22.4 Å². The maximum atomic E-state index is 3.88. The Morgan fingerprint density at radius 2 is 1.95 bits per heavy atom. The van der Waals surface area contributed by atoms with Crippen LogP contribution < -0.4 is 5.32 Å². The van der Waals surface area contributed by atoms with Gasteiger partial charge in [-0.2, -0.15) is 0 Å². The van der Waals surface area contributed by atoms with Crippen molar-refractivity contribution in [1.82, 2.24) is 20.2 Å². The summed E-state index contributed by atoms with van der Waals surface area (Å²) in [6.45, 7) is 0.770. The summed E-state index contributed by atoms with van der Waals surface area (Å²) >= 11 is 3.43. The molecule has 0 amide bonds. The van der Waals surface area contributed by atoms with Crippen LogP contribution in [0.15, 0.2) is 59.3 Å². The summed E-state index contributed by atoms with van der Waals surface area (Å²) in [6.07, 6.45) is 1.58. The fourth-order valence-corrected chi connectivity index (χ4v) is 2.11. The van der Waals surface area contributed by atoms with E-state index >= 15 is 0 Å². The number of hydrogen-bond donors (Lipinski definition) is 1. The molecule has 5 nitrogen and oxygen atoms in total. The third-order valence-corrected chi connectivity index (χ3v) is 3.40. The van der Waals surface area contributed by atoms with Crippen LogP contribution in [0.1, 0.15) is 5.56 Å². The number of anilines is 1. The van der Waals surface area contributed by atoms with Crippen molar-refractivity contribution in [1.29, 1.82) is 0 Å². The summed E-state index contributed by atoms with van der Waals surface area (Å²) in [7, 11) is 0. The molecule has 0 fully saturated rings. The standard InChI is InChI=1S/C14H12BrN5/c15-12-6-4-11(5-7-12)9-16-13-2-1-3-14(8-13)20-10-17-18-19-20/h1-8,10,16H,9H2. The van der Waals surface area contributed by atoms with Crippen LogP contribution in [0.25, 0.3) is 5.69 Å². The van der Waals surface area contributed by atoms with Crippen molar-refractivity contribution in [3.8, 4) is 5.69 Å². The molecule has 3 aromatic rings. The maximum Gasteiger partial charge on any atom is 0.143 e. The highest BCUT2D eigenvalue weighted by molar-refractivity contribution is 9.10. The Hall–Kier alpha value is -2.21. The summed E-state index contributed by atoms with van der Waals surface area (Å²) in [5.41, 5.74) is 3.18. The van der Waals surface area contributed by atoms with Gasteiger partial charge in [-0.15, -0.1) is 5.10 Å². The fraction of sp³-hybridized carbons (Fsp3) is 0.0714. The highest BCUT2D eigenvalue weighted by Crippen LogP contribution is 2.15. The molecule has 1 aromatic heterocycles. The zero-order valence-corrected chi connectivity index (χ0v) is 12.2. The van der Waals surface area contributed by atoms with E-state index in [0.29, 0.717) is 0 Å². The van der Waals surface area contributed by atoms with Crippen LogP contribution >= 0.6 is 15.9 Å². The van der Waals surface area contributed by atoms with E-state index in [-0.39, 0.29) is 0 Å². The van der Waals surface area contributed by atoms with E-state index in [9.17, 15) is 0 Å². The average Bonchev–Trinajstić information content (AvgIpc) is 3.01. The van der Waals surface area contributed by atoms with Crippen LogP contribution in [-0.4, -0.2) is 20.2 Å². The molecule has 2 aromatic carbocycles. The first-order chi connectivity index (χ1) is 9.81. The van der Waals surface area contributed by atoms with Gasteiger partial charge in [0.2, 0.25) is 0 Å². The first-order valence-electron chi connectivity index (χ1n) is 6.13. The molecule has 20 heavy (non-hydrogen) atoms. The van der Waals surface area contributed by atoms with Gasteiger partial charge in [0.1, 0.15) is 6.33 Å². The quantitative estimate of drug-likeness (QED) is 0.799. The molecule has 0 bridgehead atoms. The molecule has 1 heterocycles. The van der Waals surface area contributed by atoms with Crippen molar-refractivity contribution < 1.29 is 0 Å². The van der Waals surface area contributed by atoms with E-state index in [1.165, 1.54) is 5.56 Å². The molecule has 0 unspecified atom stereocenters. The van der Waals surface area contributed by atoms with Gasteiger partial charge >= 0.3 is 0 Å². The molecule has 0 atom stereocenters. The number of tetrazole rings is 1. The summed E-state index contributed by atoms with van der Waals surface area (Å²) in [6, 6.07) is 16.2. The minimum absolute atomic E-state index is 0.770. The maximum absolute atomic E-state index is 3.88. The van der Waals surface area contributed by atoms with Gasteiger partial charge in [0.15, 0.2) is 0 Å². The van der Waals surface area contributed by atoms with Gasteiger partial charge < -0.3 is 5.32 Å². The topological polar surface area (TPSA) is 55.6 Å². The molecule has 6 heteroatoms. The zero-order chi connectivity index (χ0) is 13.8. The lowest BCUT2D eigenvalue weighted by Gasteiger charge is -2.08. The number of halogens is 1. The van der Waals surface area contributed by atoms with E-state index in [1.807, 2.05) is 36.4 Å². The first-order valence-corrected chi connectivity index (χ1v) is 6.92. The average molecular weight is 330 g/mol. The van der Waals surface area contributed by atoms with Crippen molar-refractivity contribution in [3.05, 3.63) is 64.9 Å². The minimum Gasteiger partial charge on any atom is -0.381 e. The summed E-state index contributed by atoms with van der Waals surface area (Å²) < 4.78 is 2.71. The fourth-order valence-electron chi connectivity index (χ4n) is 1.84. The molecular formula is C14H12BrN5. The van der Waals surface area contributed by atoms with Crippen molar-refractivity contribution in [2.75, 3.05) is 5.32 Å². The Kier molecular flexibility index (Phi) is 3.73. The summed E-state index contributed by atoms with van der Waals surface area (Å²) in [5.74, 6) is 0. The number of nitrogens with one attached hydrogen (secondary N) is 1. The Labute approximate surface area is 124 Å². The van der Waals surface area contributed by atoms with Crippen molar-refractivity contribution >= 4 is 21.6 Å². The van der Waals surface area contributed by atoms with Gasteiger partial charge in [0.05, 0.1) is 5.69 Å². The van der Waals surface area contributed by atoms with Crippen molar-refractivity contribution in [3.63, 3.8) is 0 Å². The Balaban J connectivity index is 1.72. The SMILES string of the molecule is Brc1ccc(CNc2cccc(-n3cnnn3)c2)cc1. The Morgan fingerprint density at radius 1 is 1.10 bits per heavy atom. The Bertz CT molecular complexity index is 679. The number of benzene rings is 2. The summed E-state index contributed by atoms with van der Waals surface area (Å²) in [5, 5.41) is 14.5. The smallest absolute Gasteiger partial charge is 0.143 e. The monoisotopic (exact) mass is 329 g/mol. The molecular weight excluding hydrogens is 318 g/mol. The van der Waals surface area contributed by atoms with Gasteiger partial charge in [0.25, 0.3) is 0 Å². The predicted molar refractivity (Wildman–Crippen MR) is 80.6 cm³/mol.